The summed E-state index contributed by atoms with van der Waals surface area (Å²) in [6.07, 6.45) is 3.93. The fourth-order valence-electron chi connectivity index (χ4n) is 2.08. The van der Waals surface area contributed by atoms with Crippen molar-refractivity contribution in [3.63, 3.8) is 0 Å². The molecule has 1 heterocycles. The Morgan fingerprint density at radius 1 is 1.26 bits per heavy atom. The number of rotatable bonds is 6. The molecular formula is C15H20N2OS. The lowest BCUT2D eigenvalue weighted by molar-refractivity contribution is 0.455. The Balaban J connectivity index is 1.78. The van der Waals surface area contributed by atoms with Crippen LogP contribution in [0.2, 0.25) is 0 Å². The van der Waals surface area contributed by atoms with E-state index in [0.717, 1.165) is 17.8 Å². The quantitative estimate of drug-likeness (QED) is 0.848. The van der Waals surface area contributed by atoms with Crippen molar-refractivity contribution in [2.75, 3.05) is 0 Å². The molecule has 0 saturated carbocycles. The van der Waals surface area contributed by atoms with Crippen LogP contribution in [0.4, 0.5) is 0 Å². The molecule has 0 radical (unpaired) electrons. The number of aromatic nitrogens is 1. The zero-order valence-electron chi connectivity index (χ0n) is 11.3. The van der Waals surface area contributed by atoms with Gasteiger partial charge in [-0.2, -0.15) is 0 Å². The largest absolute Gasteiger partial charge is 0.508 e. The summed E-state index contributed by atoms with van der Waals surface area (Å²) in [6.45, 7) is 4.35. The van der Waals surface area contributed by atoms with Gasteiger partial charge < -0.3 is 10.4 Å². The van der Waals surface area contributed by atoms with E-state index < -0.39 is 0 Å². The van der Waals surface area contributed by atoms with Crippen LogP contribution in [0.5, 0.6) is 5.75 Å². The average Bonchev–Trinajstić information content (AvgIpc) is 2.92. The highest BCUT2D eigenvalue weighted by Crippen LogP contribution is 2.17. The minimum Gasteiger partial charge on any atom is -0.508 e. The van der Waals surface area contributed by atoms with Gasteiger partial charge >= 0.3 is 0 Å². The summed E-state index contributed by atoms with van der Waals surface area (Å²) in [4.78, 5) is 4.33. The topological polar surface area (TPSA) is 45.1 Å². The van der Waals surface area contributed by atoms with Crippen molar-refractivity contribution in [2.45, 2.75) is 38.8 Å². The molecule has 0 aliphatic carbocycles. The molecule has 0 aliphatic rings. The van der Waals surface area contributed by atoms with Crippen LogP contribution in [-0.2, 0) is 6.42 Å². The maximum Gasteiger partial charge on any atom is 0.115 e. The van der Waals surface area contributed by atoms with Gasteiger partial charge in [-0.1, -0.05) is 12.1 Å². The van der Waals surface area contributed by atoms with Crippen LogP contribution in [0, 0.1) is 0 Å². The molecule has 4 heteroatoms. The summed E-state index contributed by atoms with van der Waals surface area (Å²) in [5, 5.41) is 15.9. The van der Waals surface area contributed by atoms with Gasteiger partial charge in [0.2, 0.25) is 0 Å². The van der Waals surface area contributed by atoms with E-state index in [2.05, 4.69) is 24.1 Å². The molecule has 19 heavy (non-hydrogen) atoms. The first-order chi connectivity index (χ1) is 9.15. The fourth-order valence-corrected chi connectivity index (χ4v) is 2.73. The van der Waals surface area contributed by atoms with E-state index in [9.17, 15) is 5.11 Å². The van der Waals surface area contributed by atoms with E-state index in [1.54, 1.807) is 23.5 Å². The van der Waals surface area contributed by atoms with E-state index >= 15 is 0 Å². The zero-order valence-corrected chi connectivity index (χ0v) is 12.2. The van der Waals surface area contributed by atoms with E-state index in [1.165, 1.54) is 5.56 Å². The van der Waals surface area contributed by atoms with Crippen molar-refractivity contribution in [1.29, 1.82) is 0 Å². The number of aromatic hydroxyl groups is 1. The zero-order chi connectivity index (χ0) is 13.7. The molecule has 2 N–H and O–H groups in total. The maximum atomic E-state index is 9.24. The van der Waals surface area contributed by atoms with Crippen LogP contribution < -0.4 is 5.32 Å². The molecule has 0 fully saturated rings. The van der Waals surface area contributed by atoms with Crippen LogP contribution in [0.1, 0.15) is 36.9 Å². The Morgan fingerprint density at radius 2 is 2.00 bits per heavy atom. The summed E-state index contributed by atoms with van der Waals surface area (Å²) >= 11 is 1.69. The monoisotopic (exact) mass is 276 g/mol. The van der Waals surface area contributed by atoms with Gasteiger partial charge in [0.15, 0.2) is 0 Å². The number of aryl methyl sites for hydroxylation is 1. The Morgan fingerprint density at radius 3 is 2.63 bits per heavy atom. The third-order valence-corrected chi connectivity index (χ3v) is 4.12. The number of benzene rings is 1. The fraction of sp³-hybridized carbons (Fsp3) is 0.400. The van der Waals surface area contributed by atoms with Crippen LogP contribution in [0.15, 0.2) is 35.8 Å². The van der Waals surface area contributed by atoms with E-state index in [0.29, 0.717) is 17.8 Å². The molecule has 2 rings (SSSR count). The van der Waals surface area contributed by atoms with Crippen molar-refractivity contribution in [3.8, 4) is 5.75 Å². The maximum absolute atomic E-state index is 9.24. The highest BCUT2D eigenvalue weighted by molar-refractivity contribution is 7.09. The Kier molecular flexibility index (Phi) is 4.93. The molecule has 102 valence electrons. The van der Waals surface area contributed by atoms with Gasteiger partial charge in [0.05, 0.1) is 6.04 Å². The molecule has 3 nitrogen and oxygen atoms in total. The molecule has 0 amide bonds. The number of thiazole rings is 1. The summed E-state index contributed by atoms with van der Waals surface area (Å²) in [5.41, 5.74) is 1.26. The number of phenolic OH excluding ortho intramolecular Hbond substituents is 1. The molecule has 0 aliphatic heterocycles. The van der Waals surface area contributed by atoms with E-state index in [4.69, 9.17) is 0 Å². The van der Waals surface area contributed by atoms with Crippen molar-refractivity contribution in [3.05, 3.63) is 46.4 Å². The van der Waals surface area contributed by atoms with Crippen LogP contribution in [0.3, 0.4) is 0 Å². The predicted molar refractivity (Wildman–Crippen MR) is 79.6 cm³/mol. The molecule has 0 spiro atoms. The van der Waals surface area contributed by atoms with Crippen LogP contribution in [-0.4, -0.2) is 16.1 Å². The predicted octanol–water partition coefficient (Wildman–Crippen LogP) is 3.52. The third-order valence-electron chi connectivity index (χ3n) is 3.16. The van der Waals surface area contributed by atoms with Crippen LogP contribution >= 0.6 is 11.3 Å². The van der Waals surface area contributed by atoms with Crippen molar-refractivity contribution >= 4 is 11.3 Å². The summed E-state index contributed by atoms with van der Waals surface area (Å²) in [5.74, 6) is 0.326. The molecular weight excluding hydrogens is 256 g/mol. The van der Waals surface area contributed by atoms with Gasteiger partial charge in [-0.3, -0.25) is 0 Å². The van der Waals surface area contributed by atoms with Gasteiger partial charge in [-0.25, -0.2) is 4.98 Å². The number of hydrogen-bond acceptors (Lipinski definition) is 4. The molecule has 2 unspecified atom stereocenters. The Labute approximate surface area is 118 Å². The molecule has 1 aromatic heterocycles. The van der Waals surface area contributed by atoms with Crippen molar-refractivity contribution < 1.29 is 5.11 Å². The van der Waals surface area contributed by atoms with Crippen LogP contribution in [0.25, 0.3) is 0 Å². The second kappa shape index (κ2) is 6.68. The number of nitrogens with one attached hydrogen (secondary N) is 1. The number of hydrogen-bond donors (Lipinski definition) is 2. The molecule has 2 atom stereocenters. The minimum atomic E-state index is 0.301. The first-order valence-electron chi connectivity index (χ1n) is 6.58. The van der Waals surface area contributed by atoms with Gasteiger partial charge in [0, 0.05) is 17.6 Å². The van der Waals surface area contributed by atoms with Crippen molar-refractivity contribution in [1.82, 2.24) is 10.3 Å². The first-order valence-corrected chi connectivity index (χ1v) is 7.46. The Bertz CT molecular complexity index is 481. The third kappa shape index (κ3) is 4.33. The molecule has 0 bridgehead atoms. The summed E-state index contributed by atoms with van der Waals surface area (Å²) in [6, 6.07) is 8.18. The summed E-state index contributed by atoms with van der Waals surface area (Å²) in [7, 11) is 0. The summed E-state index contributed by atoms with van der Waals surface area (Å²) < 4.78 is 0. The standard InChI is InChI=1S/C15H20N2OS/c1-11(17-12(2)15-16-9-10-19-15)3-4-13-5-7-14(18)8-6-13/h5-12,17-18H,3-4H2,1-2H3. The lowest BCUT2D eigenvalue weighted by Gasteiger charge is -2.18. The van der Waals surface area contributed by atoms with Crippen molar-refractivity contribution in [2.24, 2.45) is 0 Å². The number of phenols is 1. The van der Waals surface area contributed by atoms with Gasteiger partial charge in [-0.15, -0.1) is 11.3 Å². The Hall–Kier alpha value is -1.39. The average molecular weight is 276 g/mol. The first kappa shape index (κ1) is 14.0. The van der Waals surface area contributed by atoms with E-state index in [1.807, 2.05) is 23.7 Å². The lowest BCUT2D eigenvalue weighted by Crippen LogP contribution is -2.29. The SMILES string of the molecule is CC(CCc1ccc(O)cc1)NC(C)c1nccs1. The van der Waals surface area contributed by atoms with Gasteiger partial charge in [0.1, 0.15) is 10.8 Å². The number of nitrogens with zero attached hydrogens (tertiary/aromatic N) is 1. The molecule has 2 aromatic rings. The molecule has 0 saturated heterocycles. The van der Waals surface area contributed by atoms with Gasteiger partial charge in [-0.05, 0) is 44.4 Å². The highest BCUT2D eigenvalue weighted by atomic mass is 32.1. The van der Waals surface area contributed by atoms with E-state index in [-0.39, 0.29) is 0 Å². The second-order valence-corrected chi connectivity index (χ2v) is 5.79. The lowest BCUT2D eigenvalue weighted by atomic mass is 10.1. The second-order valence-electron chi connectivity index (χ2n) is 4.86. The molecule has 1 aromatic carbocycles. The normalized spacial score (nSPS) is 14.2. The smallest absolute Gasteiger partial charge is 0.115 e. The van der Waals surface area contributed by atoms with Gasteiger partial charge in [0.25, 0.3) is 0 Å². The highest BCUT2D eigenvalue weighted by Gasteiger charge is 2.11. The minimum absolute atomic E-state index is 0.301.